The minimum Gasteiger partial charge on any atom is -0.356 e. The molecule has 8 heteroatoms. The molecular weight excluding hydrogens is 404 g/mol. The smallest absolute Gasteiger partial charge is 0.250 e. The van der Waals surface area contributed by atoms with Crippen molar-refractivity contribution >= 4 is 39.9 Å². The Balaban J connectivity index is 1.33. The molecule has 0 aliphatic carbocycles. The summed E-state index contributed by atoms with van der Waals surface area (Å²) in [7, 11) is 0. The summed E-state index contributed by atoms with van der Waals surface area (Å²) in [6.45, 7) is 2.33. The van der Waals surface area contributed by atoms with Crippen LogP contribution in [0.15, 0.2) is 47.3 Å². The molecule has 1 saturated heterocycles. The van der Waals surface area contributed by atoms with Gasteiger partial charge >= 0.3 is 0 Å². The van der Waals surface area contributed by atoms with Crippen molar-refractivity contribution in [2.24, 2.45) is 5.92 Å². The van der Waals surface area contributed by atoms with Crippen LogP contribution in [0.25, 0.3) is 0 Å². The summed E-state index contributed by atoms with van der Waals surface area (Å²) >= 11 is 6.96. The van der Waals surface area contributed by atoms with Gasteiger partial charge in [0.15, 0.2) is 0 Å². The third kappa shape index (κ3) is 4.36. The van der Waals surface area contributed by atoms with Crippen LogP contribution in [-0.4, -0.2) is 38.5 Å². The molecule has 2 atom stereocenters. The number of fused-ring (bicyclic) bond motifs is 4. The van der Waals surface area contributed by atoms with Crippen molar-refractivity contribution in [3.05, 3.63) is 64.1 Å². The molecule has 0 radical (unpaired) electrons. The largest absolute Gasteiger partial charge is 0.356 e. The van der Waals surface area contributed by atoms with E-state index in [1.54, 1.807) is 30.3 Å². The predicted octanol–water partition coefficient (Wildman–Crippen LogP) is 2.80. The Labute approximate surface area is 178 Å². The average Bonchev–Trinajstić information content (AvgIpc) is 2.73. The van der Waals surface area contributed by atoms with E-state index in [1.807, 2.05) is 16.7 Å². The van der Waals surface area contributed by atoms with Crippen molar-refractivity contribution in [2.75, 3.05) is 24.2 Å². The van der Waals surface area contributed by atoms with E-state index in [0.717, 1.165) is 36.1 Å². The maximum absolute atomic E-state index is 12.2. The number of carbonyl (C=O) groups is 1. The van der Waals surface area contributed by atoms with E-state index in [2.05, 4.69) is 16.3 Å². The van der Waals surface area contributed by atoms with E-state index < -0.39 is 0 Å². The van der Waals surface area contributed by atoms with E-state index in [1.165, 1.54) is 11.8 Å². The van der Waals surface area contributed by atoms with Gasteiger partial charge in [0.05, 0.1) is 17.4 Å². The zero-order valence-electron chi connectivity index (χ0n) is 15.7. The molecule has 1 aromatic carbocycles. The molecule has 2 bridgehead atoms. The van der Waals surface area contributed by atoms with Crippen LogP contribution in [-0.2, 0) is 11.3 Å². The first-order chi connectivity index (χ1) is 14.0. The van der Waals surface area contributed by atoms with Crippen molar-refractivity contribution in [1.82, 2.24) is 9.47 Å². The molecule has 1 amide bonds. The summed E-state index contributed by atoms with van der Waals surface area (Å²) in [6.07, 6.45) is 1.08. The van der Waals surface area contributed by atoms with Gasteiger partial charge in [-0.25, -0.2) is 0 Å². The Kier molecular flexibility index (Phi) is 5.69. The molecule has 3 heterocycles. The van der Waals surface area contributed by atoms with E-state index in [9.17, 15) is 9.59 Å². The van der Waals surface area contributed by atoms with Crippen LogP contribution in [0.5, 0.6) is 0 Å². The van der Waals surface area contributed by atoms with Crippen molar-refractivity contribution in [3.63, 3.8) is 0 Å². The van der Waals surface area contributed by atoms with Crippen LogP contribution in [0.2, 0.25) is 0 Å². The van der Waals surface area contributed by atoms with Crippen LogP contribution >= 0.6 is 24.0 Å². The molecule has 2 aliphatic heterocycles. The number of hydrogen-bond acceptors (Lipinski definition) is 5. The van der Waals surface area contributed by atoms with Gasteiger partial charge in [0.25, 0.3) is 5.56 Å². The molecule has 1 fully saturated rings. The Morgan fingerprint density at radius 1 is 1.21 bits per heavy atom. The van der Waals surface area contributed by atoms with Crippen LogP contribution < -0.4 is 10.9 Å². The number of likely N-dealkylation sites (tertiary alicyclic amines) is 1. The Morgan fingerprint density at radius 3 is 2.76 bits per heavy atom. The highest BCUT2D eigenvalue weighted by Gasteiger charge is 2.35. The summed E-state index contributed by atoms with van der Waals surface area (Å²) in [5, 5.41) is 11.7. The van der Waals surface area contributed by atoms with Crippen LogP contribution in [0.1, 0.15) is 23.6 Å². The second-order valence-electron chi connectivity index (χ2n) is 7.40. The highest BCUT2D eigenvalue weighted by atomic mass is 32.2. The minimum atomic E-state index is -0.129. The number of anilines is 1. The number of aromatic nitrogens is 1. The minimum absolute atomic E-state index is 0.0714. The van der Waals surface area contributed by atoms with E-state index in [4.69, 9.17) is 17.5 Å². The molecule has 1 N–H and O–H groups in total. The molecule has 2 aromatic rings. The SMILES string of the molecule is N#Cc1ccc(NC(=O)CSC(=S)N2C[C@H]3C[C@@H](C2)c2cccc(=O)n2C3)cc1. The van der Waals surface area contributed by atoms with Gasteiger partial charge in [-0.1, -0.05) is 30.0 Å². The van der Waals surface area contributed by atoms with Crippen molar-refractivity contribution < 1.29 is 4.79 Å². The standard InChI is InChI=1S/C21H20N4O2S2/c22-9-14-4-6-17(7-5-14)23-19(26)13-29-21(28)24-10-15-8-16(12-24)18-2-1-3-20(27)25(18)11-15/h1-7,15-16H,8,10-13H2,(H,23,26)/t15-,16+/m1/s1. The van der Waals surface area contributed by atoms with Crippen LogP contribution in [0.4, 0.5) is 5.69 Å². The lowest BCUT2D eigenvalue weighted by molar-refractivity contribution is -0.113. The number of pyridine rings is 1. The zero-order valence-corrected chi connectivity index (χ0v) is 17.3. The zero-order chi connectivity index (χ0) is 20.4. The molecule has 2 aliphatic rings. The predicted molar refractivity (Wildman–Crippen MR) is 118 cm³/mol. The second-order valence-corrected chi connectivity index (χ2v) is 9.00. The van der Waals surface area contributed by atoms with E-state index in [0.29, 0.717) is 23.1 Å². The fraction of sp³-hybridized carbons (Fsp3) is 0.333. The highest BCUT2D eigenvalue weighted by molar-refractivity contribution is 8.23. The average molecular weight is 425 g/mol. The third-order valence-corrected chi connectivity index (χ3v) is 6.89. The number of benzene rings is 1. The Bertz CT molecular complexity index is 1040. The maximum Gasteiger partial charge on any atom is 0.250 e. The number of nitrogens with one attached hydrogen (secondary N) is 1. The van der Waals surface area contributed by atoms with Crippen molar-refractivity contribution in [1.29, 1.82) is 5.26 Å². The number of amides is 1. The number of nitriles is 1. The normalized spacial score (nSPS) is 19.8. The van der Waals surface area contributed by atoms with Crippen LogP contribution in [0.3, 0.4) is 0 Å². The maximum atomic E-state index is 12.2. The van der Waals surface area contributed by atoms with E-state index >= 15 is 0 Å². The Hall–Kier alpha value is -2.63. The molecule has 0 spiro atoms. The van der Waals surface area contributed by atoms with Gasteiger partial charge in [0.1, 0.15) is 4.32 Å². The van der Waals surface area contributed by atoms with Gasteiger partial charge in [0, 0.05) is 43.0 Å². The van der Waals surface area contributed by atoms with Gasteiger partial charge < -0.3 is 14.8 Å². The summed E-state index contributed by atoms with van der Waals surface area (Å²) in [6, 6.07) is 14.3. The molecule has 0 unspecified atom stereocenters. The fourth-order valence-electron chi connectivity index (χ4n) is 4.09. The van der Waals surface area contributed by atoms with Crippen LogP contribution in [0, 0.1) is 17.2 Å². The molecule has 148 valence electrons. The summed E-state index contributed by atoms with van der Waals surface area (Å²) in [5.74, 6) is 0.798. The number of rotatable bonds is 3. The Morgan fingerprint density at radius 2 is 2.00 bits per heavy atom. The van der Waals surface area contributed by atoms with Gasteiger partial charge in [-0.3, -0.25) is 9.59 Å². The van der Waals surface area contributed by atoms with E-state index in [-0.39, 0.29) is 17.2 Å². The number of thiocarbonyl (C=S) groups is 1. The lowest BCUT2D eigenvalue weighted by Crippen LogP contribution is -2.48. The van der Waals surface area contributed by atoms with Gasteiger partial charge in [-0.2, -0.15) is 5.26 Å². The number of thioether (sulfide) groups is 1. The van der Waals surface area contributed by atoms with Gasteiger partial charge in [-0.05, 0) is 42.7 Å². The molecular formula is C21H20N4O2S2. The van der Waals surface area contributed by atoms with Crippen molar-refractivity contribution in [3.8, 4) is 6.07 Å². The summed E-state index contributed by atoms with van der Waals surface area (Å²) < 4.78 is 2.62. The van der Waals surface area contributed by atoms with Gasteiger partial charge in [-0.15, -0.1) is 0 Å². The second kappa shape index (κ2) is 8.39. The lowest BCUT2D eigenvalue weighted by atomic mass is 9.83. The van der Waals surface area contributed by atoms with Crippen molar-refractivity contribution in [2.45, 2.75) is 18.9 Å². The molecule has 1 aromatic heterocycles. The monoisotopic (exact) mass is 424 g/mol. The topological polar surface area (TPSA) is 78.1 Å². The molecule has 29 heavy (non-hydrogen) atoms. The molecule has 6 nitrogen and oxygen atoms in total. The lowest BCUT2D eigenvalue weighted by Gasteiger charge is -2.43. The van der Waals surface area contributed by atoms with Gasteiger partial charge in [0.2, 0.25) is 5.91 Å². The quantitative estimate of drug-likeness (QED) is 0.764. The summed E-state index contributed by atoms with van der Waals surface area (Å²) in [4.78, 5) is 26.5. The number of nitrogens with zero attached hydrogens (tertiary/aromatic N) is 3. The highest BCUT2D eigenvalue weighted by Crippen LogP contribution is 2.36. The number of piperidine rings is 1. The first-order valence-electron chi connectivity index (χ1n) is 9.45. The number of carbonyl (C=O) groups excluding carboxylic acids is 1. The first-order valence-corrected chi connectivity index (χ1v) is 10.8. The third-order valence-electron chi connectivity index (χ3n) is 5.36. The molecule has 0 saturated carbocycles. The summed E-state index contributed by atoms with van der Waals surface area (Å²) in [5.41, 5.74) is 2.37. The number of hydrogen-bond donors (Lipinski definition) is 1. The molecule has 4 rings (SSSR count). The fourth-order valence-corrected chi connectivity index (χ4v) is 5.07. The first kappa shape index (κ1) is 19.7.